The van der Waals surface area contributed by atoms with Gasteiger partial charge in [-0.2, -0.15) is 0 Å². The topological polar surface area (TPSA) is 46.2 Å². The molecule has 0 aliphatic heterocycles. The Morgan fingerprint density at radius 3 is 2.50 bits per heavy atom. The van der Waals surface area contributed by atoms with E-state index in [2.05, 4.69) is 4.72 Å². The van der Waals surface area contributed by atoms with Gasteiger partial charge in [-0.1, -0.05) is 19.9 Å². The number of hydrogen-bond acceptors (Lipinski definition) is 2. The lowest BCUT2D eigenvalue weighted by Gasteiger charge is -2.15. The molecule has 0 atom stereocenters. The molecule has 3 nitrogen and oxygen atoms in total. The Bertz CT molecular complexity index is 519. The van der Waals surface area contributed by atoms with Crippen molar-refractivity contribution in [3.63, 3.8) is 0 Å². The van der Waals surface area contributed by atoms with Gasteiger partial charge in [-0.3, -0.25) is 0 Å². The van der Waals surface area contributed by atoms with E-state index in [1.807, 2.05) is 26.0 Å². The number of rotatable bonds is 5. The fourth-order valence-electron chi connectivity index (χ4n) is 2.46. The van der Waals surface area contributed by atoms with Crippen LogP contribution in [-0.2, 0) is 22.9 Å². The Balaban J connectivity index is 2.24. The minimum Gasteiger partial charge on any atom is -0.208 e. The molecular formula is C14H21NO2S. The van der Waals surface area contributed by atoms with Crippen LogP contribution in [0.15, 0.2) is 23.1 Å². The van der Waals surface area contributed by atoms with E-state index in [-0.39, 0.29) is 6.04 Å². The molecule has 0 aromatic heterocycles. The number of fused-ring (bicyclic) bond motifs is 1. The summed E-state index contributed by atoms with van der Waals surface area (Å²) in [4.78, 5) is 0.412. The van der Waals surface area contributed by atoms with Crippen LogP contribution in [-0.4, -0.2) is 14.5 Å². The average molecular weight is 267 g/mol. The van der Waals surface area contributed by atoms with E-state index in [1.165, 1.54) is 11.1 Å². The van der Waals surface area contributed by atoms with E-state index in [0.717, 1.165) is 32.1 Å². The fourth-order valence-corrected chi connectivity index (χ4v) is 3.91. The highest BCUT2D eigenvalue weighted by molar-refractivity contribution is 7.89. The summed E-state index contributed by atoms with van der Waals surface area (Å²) in [5, 5.41) is 0. The van der Waals surface area contributed by atoms with Gasteiger partial charge in [0.2, 0.25) is 10.0 Å². The SMILES string of the molecule is CCC(CC)NS(=O)(=O)c1ccc2c(c1)CCC2. The Kier molecular flexibility index (Phi) is 4.07. The first-order valence-corrected chi connectivity index (χ1v) is 8.19. The molecule has 0 saturated heterocycles. The summed E-state index contributed by atoms with van der Waals surface area (Å²) in [6, 6.07) is 5.56. The number of hydrogen-bond donors (Lipinski definition) is 1. The quantitative estimate of drug-likeness (QED) is 0.891. The molecule has 1 aliphatic carbocycles. The molecule has 0 bridgehead atoms. The molecule has 1 aromatic rings. The van der Waals surface area contributed by atoms with E-state index < -0.39 is 10.0 Å². The van der Waals surface area contributed by atoms with Crippen molar-refractivity contribution in [3.05, 3.63) is 29.3 Å². The lowest BCUT2D eigenvalue weighted by Crippen LogP contribution is -2.33. The third-order valence-electron chi connectivity index (χ3n) is 3.69. The smallest absolute Gasteiger partial charge is 0.208 e. The lowest BCUT2D eigenvalue weighted by atomic mass is 10.1. The van der Waals surface area contributed by atoms with Gasteiger partial charge in [0.25, 0.3) is 0 Å². The highest BCUT2D eigenvalue weighted by atomic mass is 32.2. The maximum atomic E-state index is 12.2. The predicted molar refractivity (Wildman–Crippen MR) is 73.2 cm³/mol. The summed E-state index contributed by atoms with van der Waals surface area (Å²) in [5.41, 5.74) is 2.50. The average Bonchev–Trinajstić information content (AvgIpc) is 2.83. The summed E-state index contributed by atoms with van der Waals surface area (Å²) in [6.45, 7) is 4.00. The number of aryl methyl sites for hydroxylation is 2. The second-order valence-corrected chi connectivity index (χ2v) is 6.63. The van der Waals surface area contributed by atoms with Crippen molar-refractivity contribution < 1.29 is 8.42 Å². The molecule has 0 radical (unpaired) electrons. The monoisotopic (exact) mass is 267 g/mol. The van der Waals surface area contributed by atoms with Crippen molar-refractivity contribution in [3.8, 4) is 0 Å². The molecule has 2 rings (SSSR count). The van der Waals surface area contributed by atoms with Crippen LogP contribution in [0.5, 0.6) is 0 Å². The zero-order chi connectivity index (χ0) is 13.2. The van der Waals surface area contributed by atoms with E-state index in [9.17, 15) is 8.42 Å². The zero-order valence-corrected chi connectivity index (χ0v) is 11.9. The Morgan fingerprint density at radius 2 is 1.83 bits per heavy atom. The van der Waals surface area contributed by atoms with Gasteiger partial charge in [-0.15, -0.1) is 0 Å². The first kappa shape index (κ1) is 13.6. The molecule has 18 heavy (non-hydrogen) atoms. The fraction of sp³-hybridized carbons (Fsp3) is 0.571. The Labute approximate surface area is 110 Å². The third kappa shape index (κ3) is 2.75. The molecule has 0 fully saturated rings. The van der Waals surface area contributed by atoms with Crippen LogP contribution in [0.25, 0.3) is 0 Å². The molecule has 1 aliphatic rings. The first-order valence-electron chi connectivity index (χ1n) is 6.71. The van der Waals surface area contributed by atoms with Gasteiger partial charge in [-0.05, 0) is 55.4 Å². The van der Waals surface area contributed by atoms with E-state index in [4.69, 9.17) is 0 Å². The van der Waals surface area contributed by atoms with Crippen molar-refractivity contribution in [2.45, 2.75) is 56.9 Å². The van der Waals surface area contributed by atoms with Gasteiger partial charge < -0.3 is 0 Å². The minimum absolute atomic E-state index is 0.0308. The van der Waals surface area contributed by atoms with Gasteiger partial charge in [-0.25, -0.2) is 13.1 Å². The predicted octanol–water partition coefficient (Wildman–Crippen LogP) is 2.64. The molecule has 0 unspecified atom stereocenters. The van der Waals surface area contributed by atoms with Crippen LogP contribution < -0.4 is 4.72 Å². The van der Waals surface area contributed by atoms with Crippen molar-refractivity contribution in [1.82, 2.24) is 4.72 Å². The molecule has 0 amide bonds. The molecule has 1 aromatic carbocycles. The van der Waals surface area contributed by atoms with Gasteiger partial charge in [0, 0.05) is 6.04 Å². The lowest BCUT2D eigenvalue weighted by molar-refractivity contribution is 0.530. The van der Waals surface area contributed by atoms with Crippen LogP contribution in [0.2, 0.25) is 0 Å². The number of sulfonamides is 1. The van der Waals surface area contributed by atoms with Crippen LogP contribution in [0.1, 0.15) is 44.2 Å². The molecule has 0 spiro atoms. The maximum absolute atomic E-state index is 12.2. The van der Waals surface area contributed by atoms with Gasteiger partial charge in [0.15, 0.2) is 0 Å². The standard InChI is InChI=1S/C14H21NO2S/c1-3-13(4-2)15-18(16,17)14-9-8-11-6-5-7-12(11)10-14/h8-10,13,15H,3-7H2,1-2H3. The van der Waals surface area contributed by atoms with Gasteiger partial charge >= 0.3 is 0 Å². The van der Waals surface area contributed by atoms with Crippen LogP contribution in [0.3, 0.4) is 0 Å². The molecule has 1 N–H and O–H groups in total. The van der Waals surface area contributed by atoms with Crippen LogP contribution in [0, 0.1) is 0 Å². The second-order valence-electron chi connectivity index (χ2n) is 4.92. The van der Waals surface area contributed by atoms with Crippen molar-refractivity contribution in [1.29, 1.82) is 0 Å². The van der Waals surface area contributed by atoms with Gasteiger partial charge in [0.05, 0.1) is 4.90 Å². The Morgan fingerprint density at radius 1 is 1.17 bits per heavy atom. The number of benzene rings is 1. The van der Waals surface area contributed by atoms with Crippen molar-refractivity contribution in [2.75, 3.05) is 0 Å². The largest absolute Gasteiger partial charge is 0.240 e. The normalized spacial score (nSPS) is 15.1. The van der Waals surface area contributed by atoms with E-state index in [0.29, 0.717) is 4.90 Å². The van der Waals surface area contributed by atoms with Gasteiger partial charge in [0.1, 0.15) is 0 Å². The summed E-state index contributed by atoms with van der Waals surface area (Å²) in [6.07, 6.45) is 4.86. The minimum atomic E-state index is -3.36. The van der Waals surface area contributed by atoms with Crippen LogP contribution in [0.4, 0.5) is 0 Å². The van der Waals surface area contributed by atoms with Crippen LogP contribution >= 0.6 is 0 Å². The summed E-state index contributed by atoms with van der Waals surface area (Å²) < 4.78 is 27.3. The molecule has 4 heteroatoms. The maximum Gasteiger partial charge on any atom is 0.240 e. The van der Waals surface area contributed by atoms with E-state index >= 15 is 0 Å². The van der Waals surface area contributed by atoms with Crippen molar-refractivity contribution >= 4 is 10.0 Å². The second kappa shape index (κ2) is 5.41. The summed E-state index contributed by atoms with van der Waals surface area (Å²) in [5.74, 6) is 0. The third-order valence-corrected chi connectivity index (χ3v) is 5.21. The summed E-state index contributed by atoms with van der Waals surface area (Å²) >= 11 is 0. The summed E-state index contributed by atoms with van der Waals surface area (Å²) in [7, 11) is -3.36. The zero-order valence-electron chi connectivity index (χ0n) is 11.1. The highest BCUT2D eigenvalue weighted by Crippen LogP contribution is 2.24. The molecular weight excluding hydrogens is 246 g/mol. The first-order chi connectivity index (χ1) is 8.56. The molecule has 0 saturated carbocycles. The van der Waals surface area contributed by atoms with E-state index in [1.54, 1.807) is 6.07 Å². The number of nitrogens with one attached hydrogen (secondary N) is 1. The Hall–Kier alpha value is -0.870. The highest BCUT2D eigenvalue weighted by Gasteiger charge is 2.20. The molecule has 0 heterocycles. The van der Waals surface area contributed by atoms with Crippen molar-refractivity contribution in [2.24, 2.45) is 0 Å². The molecule has 100 valence electrons.